The molecule has 20 heavy (non-hydrogen) atoms. The smallest absolute Gasteiger partial charge is 0.276 e. The maximum Gasteiger partial charge on any atom is 0.276 e. The molecular weight excluding hydrogens is 280 g/mol. The van der Waals surface area contributed by atoms with Crippen LogP contribution in [0.1, 0.15) is 55.7 Å². The summed E-state index contributed by atoms with van der Waals surface area (Å²) in [7, 11) is -4.00. The number of amides is 1. The lowest BCUT2D eigenvalue weighted by Crippen LogP contribution is -2.35. The normalized spacial score (nSPS) is 19.9. The number of nitrogens with two attached hydrogens (primary N) is 1. The molecule has 1 aliphatic heterocycles. The van der Waals surface area contributed by atoms with Crippen molar-refractivity contribution >= 4 is 15.9 Å². The summed E-state index contributed by atoms with van der Waals surface area (Å²) in [6.45, 7) is 6.19. The van der Waals surface area contributed by atoms with E-state index in [2.05, 4.69) is 10.2 Å². The van der Waals surface area contributed by atoms with Gasteiger partial charge >= 0.3 is 0 Å². The van der Waals surface area contributed by atoms with E-state index in [4.69, 9.17) is 5.14 Å². The number of hydrogen-bond acceptors (Lipinski definition) is 4. The third kappa shape index (κ3) is 2.57. The van der Waals surface area contributed by atoms with E-state index in [1.54, 1.807) is 4.90 Å². The van der Waals surface area contributed by atoms with Crippen LogP contribution in [0.3, 0.4) is 0 Å². The topological polar surface area (TPSA) is 109 Å². The Balaban J connectivity index is 2.50. The lowest BCUT2D eigenvalue weighted by atomic mass is 10.1. The van der Waals surface area contributed by atoms with Crippen molar-refractivity contribution in [3.8, 4) is 0 Å². The first-order valence-electron chi connectivity index (χ1n) is 6.65. The third-order valence-corrected chi connectivity index (χ3v) is 4.61. The zero-order valence-corrected chi connectivity index (χ0v) is 12.7. The third-order valence-electron chi connectivity index (χ3n) is 3.63. The second-order valence-electron chi connectivity index (χ2n) is 5.50. The summed E-state index contributed by atoms with van der Waals surface area (Å²) < 4.78 is 23.6. The van der Waals surface area contributed by atoms with Crippen molar-refractivity contribution in [1.82, 2.24) is 15.1 Å². The van der Waals surface area contributed by atoms with Gasteiger partial charge in [0.25, 0.3) is 5.91 Å². The minimum Gasteiger partial charge on any atom is -0.335 e. The van der Waals surface area contributed by atoms with E-state index in [0.29, 0.717) is 12.2 Å². The molecule has 112 valence electrons. The molecule has 0 bridgehead atoms. The number of carbonyl (C=O) groups excluding carboxylic acids is 1. The van der Waals surface area contributed by atoms with Gasteiger partial charge in [-0.3, -0.25) is 9.89 Å². The number of nitrogens with zero attached hydrogens (tertiary/aromatic N) is 2. The number of hydrogen-bond donors (Lipinski definition) is 2. The Labute approximate surface area is 118 Å². The molecule has 1 unspecified atom stereocenters. The number of aromatic nitrogens is 2. The molecule has 1 atom stereocenters. The van der Waals surface area contributed by atoms with Gasteiger partial charge < -0.3 is 4.90 Å². The molecule has 2 rings (SSSR count). The summed E-state index contributed by atoms with van der Waals surface area (Å²) in [5.74, 6) is -0.490. The fourth-order valence-electron chi connectivity index (χ4n) is 2.54. The van der Waals surface area contributed by atoms with E-state index in [-0.39, 0.29) is 28.5 Å². The van der Waals surface area contributed by atoms with Crippen LogP contribution in [0.5, 0.6) is 0 Å². The quantitative estimate of drug-likeness (QED) is 0.860. The van der Waals surface area contributed by atoms with Gasteiger partial charge in [-0.05, 0) is 25.7 Å². The van der Waals surface area contributed by atoms with Crippen molar-refractivity contribution in [3.63, 3.8) is 0 Å². The molecule has 0 radical (unpaired) electrons. The first-order chi connectivity index (χ1) is 9.23. The Morgan fingerprint density at radius 2 is 2.15 bits per heavy atom. The SMILES string of the molecule is CC(C)c1[nH]nc(C(=O)N2CCCC2C)c1S(N)(=O)=O. The second-order valence-corrected chi connectivity index (χ2v) is 7.00. The second kappa shape index (κ2) is 5.17. The predicted octanol–water partition coefficient (Wildman–Crippen LogP) is 0.805. The summed E-state index contributed by atoms with van der Waals surface area (Å²) in [5.41, 5.74) is 0.285. The van der Waals surface area contributed by atoms with Gasteiger partial charge in [0.2, 0.25) is 10.0 Å². The highest BCUT2D eigenvalue weighted by atomic mass is 32.2. The van der Waals surface area contributed by atoms with Crippen molar-refractivity contribution < 1.29 is 13.2 Å². The van der Waals surface area contributed by atoms with Gasteiger partial charge in [-0.15, -0.1) is 0 Å². The number of carbonyl (C=O) groups is 1. The van der Waals surface area contributed by atoms with Crippen molar-refractivity contribution in [1.29, 1.82) is 0 Å². The zero-order valence-electron chi connectivity index (χ0n) is 11.9. The van der Waals surface area contributed by atoms with Crippen molar-refractivity contribution in [2.45, 2.75) is 50.5 Å². The number of nitrogens with one attached hydrogen (secondary N) is 1. The number of rotatable bonds is 3. The molecule has 0 saturated carbocycles. The van der Waals surface area contributed by atoms with Crippen LogP contribution in [0.2, 0.25) is 0 Å². The Bertz CT molecular complexity index is 621. The largest absolute Gasteiger partial charge is 0.335 e. The Hall–Kier alpha value is -1.41. The van der Waals surface area contributed by atoms with E-state index in [1.165, 1.54) is 0 Å². The average molecular weight is 300 g/mol. The summed E-state index contributed by atoms with van der Waals surface area (Å²) in [6.07, 6.45) is 1.83. The molecule has 1 aliphatic rings. The highest BCUT2D eigenvalue weighted by Gasteiger charge is 2.34. The summed E-state index contributed by atoms with van der Waals surface area (Å²) in [4.78, 5) is 14.0. The Morgan fingerprint density at radius 1 is 1.50 bits per heavy atom. The highest BCUT2D eigenvalue weighted by Crippen LogP contribution is 2.27. The van der Waals surface area contributed by atoms with Gasteiger partial charge in [0.1, 0.15) is 4.90 Å². The number of aromatic amines is 1. The lowest BCUT2D eigenvalue weighted by molar-refractivity contribution is 0.0737. The Kier molecular flexibility index (Phi) is 3.88. The molecule has 0 aromatic carbocycles. The average Bonchev–Trinajstić information content (AvgIpc) is 2.92. The van der Waals surface area contributed by atoms with Crippen LogP contribution in [0.25, 0.3) is 0 Å². The summed E-state index contributed by atoms with van der Waals surface area (Å²) >= 11 is 0. The fourth-order valence-corrected chi connectivity index (χ4v) is 3.53. The van der Waals surface area contributed by atoms with E-state index in [0.717, 1.165) is 12.8 Å². The van der Waals surface area contributed by atoms with Crippen molar-refractivity contribution in [2.24, 2.45) is 5.14 Å². The maximum absolute atomic E-state index is 12.5. The van der Waals surface area contributed by atoms with Gasteiger partial charge in [0.05, 0.1) is 5.69 Å². The standard InChI is InChI=1S/C12H20N4O3S/c1-7(2)9-11(20(13,18)19)10(15-14-9)12(17)16-6-4-5-8(16)3/h7-8H,4-6H2,1-3H3,(H,14,15)(H2,13,18,19). The zero-order chi connectivity index (χ0) is 15.1. The molecule has 3 N–H and O–H groups in total. The molecular formula is C12H20N4O3S. The van der Waals surface area contributed by atoms with Crippen LogP contribution in [0.15, 0.2) is 4.90 Å². The van der Waals surface area contributed by atoms with Crippen LogP contribution in [0, 0.1) is 0 Å². The number of likely N-dealkylation sites (tertiary alicyclic amines) is 1. The molecule has 1 aromatic rings. The van der Waals surface area contributed by atoms with Crippen molar-refractivity contribution in [3.05, 3.63) is 11.4 Å². The molecule has 2 heterocycles. The van der Waals surface area contributed by atoms with E-state index in [9.17, 15) is 13.2 Å². The lowest BCUT2D eigenvalue weighted by Gasteiger charge is -2.20. The van der Waals surface area contributed by atoms with Crippen LogP contribution < -0.4 is 5.14 Å². The molecule has 0 spiro atoms. The molecule has 1 aromatic heterocycles. The monoisotopic (exact) mass is 300 g/mol. The number of sulfonamides is 1. The molecule has 7 nitrogen and oxygen atoms in total. The maximum atomic E-state index is 12.5. The molecule has 8 heteroatoms. The number of H-pyrrole nitrogens is 1. The van der Waals surface area contributed by atoms with Crippen LogP contribution in [-0.2, 0) is 10.0 Å². The first kappa shape index (κ1) is 15.0. The first-order valence-corrected chi connectivity index (χ1v) is 8.20. The van der Waals surface area contributed by atoms with Gasteiger partial charge in [0.15, 0.2) is 5.69 Å². The van der Waals surface area contributed by atoms with Crippen LogP contribution in [-0.4, -0.2) is 42.0 Å². The summed E-state index contributed by atoms with van der Waals surface area (Å²) in [6, 6.07) is 0.0926. The van der Waals surface area contributed by atoms with E-state index >= 15 is 0 Å². The minimum atomic E-state index is -4.00. The molecule has 1 fully saturated rings. The summed E-state index contributed by atoms with van der Waals surface area (Å²) in [5, 5.41) is 11.8. The fraction of sp³-hybridized carbons (Fsp3) is 0.667. The minimum absolute atomic E-state index is 0.0926. The molecule has 0 aliphatic carbocycles. The number of primary sulfonamides is 1. The predicted molar refractivity (Wildman–Crippen MR) is 73.8 cm³/mol. The Morgan fingerprint density at radius 3 is 2.60 bits per heavy atom. The molecule has 1 amide bonds. The van der Waals surface area contributed by atoms with Gasteiger partial charge in [-0.25, -0.2) is 13.6 Å². The van der Waals surface area contributed by atoms with Gasteiger partial charge in [-0.1, -0.05) is 13.8 Å². The highest BCUT2D eigenvalue weighted by molar-refractivity contribution is 7.89. The van der Waals surface area contributed by atoms with Gasteiger partial charge in [-0.2, -0.15) is 5.10 Å². The van der Waals surface area contributed by atoms with Crippen LogP contribution in [0.4, 0.5) is 0 Å². The van der Waals surface area contributed by atoms with Gasteiger partial charge in [0, 0.05) is 12.6 Å². The van der Waals surface area contributed by atoms with E-state index < -0.39 is 10.0 Å². The molecule has 1 saturated heterocycles. The van der Waals surface area contributed by atoms with E-state index in [1.807, 2.05) is 20.8 Å². The van der Waals surface area contributed by atoms with Crippen molar-refractivity contribution in [2.75, 3.05) is 6.54 Å². The van der Waals surface area contributed by atoms with Crippen LogP contribution >= 0.6 is 0 Å².